The minimum Gasteiger partial charge on any atom is -0.306 e. The molecule has 1 saturated heterocycles. The molecule has 2 aliphatic heterocycles. The third-order valence-electron chi connectivity index (χ3n) is 5.99. The standard InChI is InChI=1S/C23H24N4O4/c1-3-15-8-10-16(11-9-15)21(30)25-24-19(28)14-26-22(31)17-6-4-5-7-18(17)27-20(29)12-13-23(26,27)2/h4-11H,3,12-14H2,1-2H3,(H,24,28)(H,25,30). The number of carbonyl (C=O) groups is 4. The molecule has 2 heterocycles. The van der Waals surface area contributed by atoms with Crippen molar-refractivity contribution in [3.63, 3.8) is 0 Å². The molecule has 31 heavy (non-hydrogen) atoms. The molecule has 1 unspecified atom stereocenters. The van der Waals surface area contributed by atoms with Crippen LogP contribution < -0.4 is 15.8 Å². The summed E-state index contributed by atoms with van der Waals surface area (Å²) in [7, 11) is 0. The average Bonchev–Trinajstić information content (AvgIpc) is 3.10. The van der Waals surface area contributed by atoms with Crippen LogP contribution >= 0.6 is 0 Å². The van der Waals surface area contributed by atoms with Gasteiger partial charge in [-0.15, -0.1) is 0 Å². The van der Waals surface area contributed by atoms with Crippen molar-refractivity contribution in [2.24, 2.45) is 0 Å². The van der Waals surface area contributed by atoms with Gasteiger partial charge in [-0.1, -0.05) is 31.2 Å². The molecule has 2 aromatic rings. The molecule has 1 atom stereocenters. The lowest BCUT2D eigenvalue weighted by Crippen LogP contribution is -2.64. The van der Waals surface area contributed by atoms with E-state index in [2.05, 4.69) is 10.9 Å². The summed E-state index contributed by atoms with van der Waals surface area (Å²) < 4.78 is 0. The fraction of sp³-hybridized carbons (Fsp3) is 0.304. The molecule has 1 fully saturated rings. The molecule has 4 rings (SSSR count). The third kappa shape index (κ3) is 3.54. The maximum Gasteiger partial charge on any atom is 0.269 e. The van der Waals surface area contributed by atoms with E-state index < -0.39 is 17.5 Å². The average molecular weight is 420 g/mol. The maximum atomic E-state index is 13.1. The number of hydrogen-bond acceptors (Lipinski definition) is 4. The highest BCUT2D eigenvalue weighted by molar-refractivity contribution is 6.11. The quantitative estimate of drug-likeness (QED) is 0.739. The number of hydrazine groups is 1. The molecular weight excluding hydrogens is 396 g/mol. The zero-order chi connectivity index (χ0) is 22.2. The Morgan fingerprint density at radius 1 is 1.03 bits per heavy atom. The smallest absolute Gasteiger partial charge is 0.269 e. The first-order valence-corrected chi connectivity index (χ1v) is 10.3. The molecule has 0 aliphatic carbocycles. The van der Waals surface area contributed by atoms with Crippen LogP contribution in [0.3, 0.4) is 0 Å². The van der Waals surface area contributed by atoms with Crippen LogP contribution in [-0.2, 0) is 16.0 Å². The van der Waals surface area contributed by atoms with Gasteiger partial charge in [-0.05, 0) is 49.6 Å². The normalized spacial score (nSPS) is 19.7. The Kier molecular flexibility index (Phi) is 5.22. The Morgan fingerprint density at radius 3 is 2.45 bits per heavy atom. The van der Waals surface area contributed by atoms with Gasteiger partial charge in [0.25, 0.3) is 17.7 Å². The van der Waals surface area contributed by atoms with Crippen molar-refractivity contribution < 1.29 is 19.2 Å². The van der Waals surface area contributed by atoms with E-state index in [1.54, 1.807) is 48.2 Å². The van der Waals surface area contributed by atoms with Crippen LogP contribution in [0, 0.1) is 0 Å². The summed E-state index contributed by atoms with van der Waals surface area (Å²) >= 11 is 0. The van der Waals surface area contributed by atoms with Crippen molar-refractivity contribution in [1.29, 1.82) is 0 Å². The summed E-state index contributed by atoms with van der Waals surface area (Å²) in [5.74, 6) is -1.40. The van der Waals surface area contributed by atoms with Crippen molar-refractivity contribution in [2.75, 3.05) is 11.4 Å². The zero-order valence-corrected chi connectivity index (χ0v) is 17.5. The summed E-state index contributed by atoms with van der Waals surface area (Å²) in [5, 5.41) is 0. The second-order valence-corrected chi connectivity index (χ2v) is 7.91. The number of para-hydroxylation sites is 1. The monoisotopic (exact) mass is 420 g/mol. The highest BCUT2D eigenvalue weighted by atomic mass is 16.2. The number of nitrogens with zero attached hydrogens (tertiary/aromatic N) is 2. The summed E-state index contributed by atoms with van der Waals surface area (Å²) in [6.07, 6.45) is 1.58. The van der Waals surface area contributed by atoms with Gasteiger partial charge in [0.1, 0.15) is 12.2 Å². The first kappa shape index (κ1) is 20.6. The van der Waals surface area contributed by atoms with Crippen LogP contribution in [0.15, 0.2) is 48.5 Å². The Labute approximate surface area is 180 Å². The molecule has 0 bridgehead atoms. The van der Waals surface area contributed by atoms with Gasteiger partial charge in [0.05, 0.1) is 11.3 Å². The number of amides is 4. The van der Waals surface area contributed by atoms with E-state index in [9.17, 15) is 19.2 Å². The highest BCUT2D eigenvalue weighted by Crippen LogP contribution is 2.43. The minimum absolute atomic E-state index is 0.0864. The van der Waals surface area contributed by atoms with Crippen molar-refractivity contribution in [1.82, 2.24) is 15.8 Å². The second-order valence-electron chi connectivity index (χ2n) is 7.91. The molecular formula is C23H24N4O4. The van der Waals surface area contributed by atoms with Gasteiger partial charge in [0.15, 0.2) is 0 Å². The van der Waals surface area contributed by atoms with E-state index in [0.29, 0.717) is 29.7 Å². The summed E-state index contributed by atoms with van der Waals surface area (Å²) in [6.45, 7) is 3.52. The summed E-state index contributed by atoms with van der Waals surface area (Å²) in [4.78, 5) is 53.6. The van der Waals surface area contributed by atoms with Gasteiger partial charge in [0, 0.05) is 12.0 Å². The van der Waals surface area contributed by atoms with E-state index in [4.69, 9.17) is 0 Å². The lowest BCUT2D eigenvalue weighted by Gasteiger charge is -2.48. The predicted molar refractivity (Wildman–Crippen MR) is 114 cm³/mol. The van der Waals surface area contributed by atoms with Crippen LogP contribution in [0.25, 0.3) is 0 Å². The molecule has 2 aromatic carbocycles. The van der Waals surface area contributed by atoms with Crippen LogP contribution in [0.4, 0.5) is 5.69 Å². The molecule has 2 aliphatic rings. The Morgan fingerprint density at radius 2 is 1.74 bits per heavy atom. The van der Waals surface area contributed by atoms with Gasteiger partial charge in [-0.2, -0.15) is 0 Å². The van der Waals surface area contributed by atoms with E-state index in [1.165, 1.54) is 4.90 Å². The van der Waals surface area contributed by atoms with Gasteiger partial charge in [0.2, 0.25) is 5.91 Å². The molecule has 2 N–H and O–H groups in total. The molecule has 0 radical (unpaired) electrons. The van der Waals surface area contributed by atoms with Crippen LogP contribution in [0.1, 0.15) is 53.0 Å². The SMILES string of the molecule is CCc1ccc(C(=O)NNC(=O)CN2C(=O)c3ccccc3N3C(=O)CCC23C)cc1. The summed E-state index contributed by atoms with van der Waals surface area (Å²) in [6, 6.07) is 14.0. The first-order valence-electron chi connectivity index (χ1n) is 10.3. The molecule has 8 nitrogen and oxygen atoms in total. The van der Waals surface area contributed by atoms with Crippen LogP contribution in [0.2, 0.25) is 0 Å². The number of nitrogens with one attached hydrogen (secondary N) is 2. The zero-order valence-electron chi connectivity index (χ0n) is 17.5. The number of aryl methyl sites for hydroxylation is 1. The first-order chi connectivity index (χ1) is 14.8. The van der Waals surface area contributed by atoms with Crippen molar-refractivity contribution in [3.8, 4) is 0 Å². The number of hydrogen-bond donors (Lipinski definition) is 2. The van der Waals surface area contributed by atoms with Gasteiger partial charge >= 0.3 is 0 Å². The lowest BCUT2D eigenvalue weighted by molar-refractivity contribution is -0.124. The number of benzene rings is 2. The maximum absolute atomic E-state index is 13.1. The van der Waals surface area contributed by atoms with E-state index in [0.717, 1.165) is 12.0 Å². The highest BCUT2D eigenvalue weighted by Gasteiger charge is 2.53. The molecule has 0 aromatic heterocycles. The Hall–Kier alpha value is -3.68. The van der Waals surface area contributed by atoms with Crippen molar-refractivity contribution in [2.45, 2.75) is 38.8 Å². The van der Waals surface area contributed by atoms with E-state index in [-0.39, 0.29) is 18.4 Å². The molecule has 0 spiro atoms. The van der Waals surface area contributed by atoms with E-state index in [1.807, 2.05) is 19.1 Å². The molecule has 0 saturated carbocycles. The van der Waals surface area contributed by atoms with Crippen LogP contribution in [-0.4, -0.2) is 40.7 Å². The molecule has 160 valence electrons. The fourth-order valence-corrected chi connectivity index (χ4v) is 4.21. The number of carbonyl (C=O) groups excluding carboxylic acids is 4. The van der Waals surface area contributed by atoms with Gasteiger partial charge < -0.3 is 4.90 Å². The topological polar surface area (TPSA) is 98.8 Å². The van der Waals surface area contributed by atoms with E-state index >= 15 is 0 Å². The minimum atomic E-state index is -0.931. The van der Waals surface area contributed by atoms with Crippen molar-refractivity contribution >= 4 is 29.3 Å². The second kappa shape index (κ2) is 7.86. The van der Waals surface area contributed by atoms with Crippen LogP contribution in [0.5, 0.6) is 0 Å². The number of anilines is 1. The predicted octanol–water partition coefficient (Wildman–Crippen LogP) is 2.01. The number of rotatable bonds is 4. The van der Waals surface area contributed by atoms with Gasteiger partial charge in [-0.3, -0.25) is 34.9 Å². The largest absolute Gasteiger partial charge is 0.306 e. The van der Waals surface area contributed by atoms with Gasteiger partial charge in [-0.25, -0.2) is 0 Å². The third-order valence-corrected chi connectivity index (χ3v) is 5.99. The molecule has 4 amide bonds. The summed E-state index contributed by atoms with van der Waals surface area (Å²) in [5.41, 5.74) is 6.29. The number of fused-ring (bicyclic) bond motifs is 3. The van der Waals surface area contributed by atoms with Crippen molar-refractivity contribution in [3.05, 3.63) is 65.2 Å². The fourth-order valence-electron chi connectivity index (χ4n) is 4.21. The Bertz CT molecular complexity index is 1070. The Balaban J connectivity index is 1.48. The lowest BCUT2D eigenvalue weighted by atomic mass is 9.98. The molecule has 8 heteroatoms.